The van der Waals surface area contributed by atoms with Gasteiger partial charge in [-0.2, -0.15) is 0 Å². The molecule has 4 heteroatoms. The van der Waals surface area contributed by atoms with E-state index in [-0.39, 0.29) is 12.5 Å². The number of amides is 1. The van der Waals surface area contributed by atoms with Crippen molar-refractivity contribution in [2.75, 3.05) is 6.61 Å². The summed E-state index contributed by atoms with van der Waals surface area (Å²) in [6.07, 6.45) is 3.57. The zero-order chi connectivity index (χ0) is 12.9. The van der Waals surface area contributed by atoms with Crippen LogP contribution in [0.3, 0.4) is 0 Å². The second-order valence-electron chi connectivity index (χ2n) is 4.63. The van der Waals surface area contributed by atoms with E-state index < -0.39 is 5.54 Å². The van der Waals surface area contributed by atoms with Gasteiger partial charge in [-0.1, -0.05) is 0 Å². The van der Waals surface area contributed by atoms with Crippen LogP contribution in [0.4, 0.5) is 0 Å². The zero-order valence-corrected chi connectivity index (χ0v) is 10.5. The van der Waals surface area contributed by atoms with Gasteiger partial charge in [0.25, 0.3) is 0 Å². The molecule has 0 bridgehead atoms. The van der Waals surface area contributed by atoms with Crippen molar-refractivity contribution in [3.63, 3.8) is 0 Å². The summed E-state index contributed by atoms with van der Waals surface area (Å²) in [6, 6.07) is 3.64. The van der Waals surface area contributed by atoms with Gasteiger partial charge in [-0.25, -0.2) is 0 Å². The fourth-order valence-corrected chi connectivity index (χ4v) is 1.42. The minimum atomic E-state index is -0.407. The van der Waals surface area contributed by atoms with Crippen LogP contribution in [0.1, 0.15) is 31.8 Å². The predicted molar refractivity (Wildman–Crippen MR) is 66.4 cm³/mol. The Hall–Kier alpha value is -1.55. The van der Waals surface area contributed by atoms with Crippen molar-refractivity contribution in [3.05, 3.63) is 29.7 Å². The molecule has 1 aromatic rings. The van der Waals surface area contributed by atoms with Crippen LogP contribution in [0.5, 0.6) is 0 Å². The van der Waals surface area contributed by atoms with Crippen molar-refractivity contribution in [3.8, 4) is 0 Å². The molecule has 4 nitrogen and oxygen atoms in total. The number of rotatable bonds is 5. The lowest BCUT2D eigenvalue weighted by Crippen LogP contribution is -2.43. The van der Waals surface area contributed by atoms with Crippen molar-refractivity contribution in [1.29, 1.82) is 0 Å². The fraction of sp³-hybridized carbons (Fsp3) is 0.462. The molecular weight excluding hydrogens is 218 g/mol. The van der Waals surface area contributed by atoms with Gasteiger partial charge in [-0.3, -0.25) is 4.79 Å². The molecule has 0 aliphatic heterocycles. The Labute approximate surface area is 101 Å². The first kappa shape index (κ1) is 13.5. The van der Waals surface area contributed by atoms with Crippen LogP contribution < -0.4 is 5.32 Å². The van der Waals surface area contributed by atoms with Gasteiger partial charge in [-0.15, -0.1) is 0 Å². The number of aryl methyl sites for hydroxylation is 1. The number of nitrogens with one attached hydrogen (secondary N) is 1. The third kappa shape index (κ3) is 4.87. The van der Waals surface area contributed by atoms with Gasteiger partial charge in [0.2, 0.25) is 5.91 Å². The van der Waals surface area contributed by atoms with Crippen molar-refractivity contribution < 1.29 is 14.3 Å². The molecule has 94 valence electrons. The maximum Gasteiger partial charge on any atom is 0.244 e. The van der Waals surface area contributed by atoms with Gasteiger partial charge in [-0.05, 0) is 45.4 Å². The monoisotopic (exact) mass is 237 g/mol. The summed E-state index contributed by atoms with van der Waals surface area (Å²) in [6.45, 7) is 5.63. The predicted octanol–water partition coefficient (Wildman–Crippen LogP) is 1.88. The van der Waals surface area contributed by atoms with E-state index in [1.54, 1.807) is 12.1 Å². The lowest BCUT2D eigenvalue weighted by Gasteiger charge is -2.24. The van der Waals surface area contributed by atoms with Crippen LogP contribution in [0, 0.1) is 6.92 Å². The van der Waals surface area contributed by atoms with E-state index in [9.17, 15) is 4.79 Å². The number of aliphatic hydroxyl groups excluding tert-OH is 1. The minimum Gasteiger partial charge on any atom is -0.462 e. The Morgan fingerprint density at radius 3 is 2.76 bits per heavy atom. The highest BCUT2D eigenvalue weighted by molar-refractivity contribution is 5.91. The highest BCUT2D eigenvalue weighted by atomic mass is 16.3. The fourth-order valence-electron chi connectivity index (χ4n) is 1.42. The molecule has 0 saturated heterocycles. The topological polar surface area (TPSA) is 62.5 Å². The first-order valence-electron chi connectivity index (χ1n) is 5.60. The van der Waals surface area contributed by atoms with E-state index in [1.165, 1.54) is 6.08 Å². The first-order chi connectivity index (χ1) is 7.93. The van der Waals surface area contributed by atoms with Crippen LogP contribution >= 0.6 is 0 Å². The maximum absolute atomic E-state index is 11.6. The summed E-state index contributed by atoms with van der Waals surface area (Å²) < 4.78 is 5.30. The van der Waals surface area contributed by atoms with Crippen molar-refractivity contribution in [2.45, 2.75) is 32.7 Å². The SMILES string of the molecule is Cc1ccc(/C=C/C(=O)NC(C)(C)CCO)o1. The van der Waals surface area contributed by atoms with E-state index in [0.29, 0.717) is 12.2 Å². The molecule has 17 heavy (non-hydrogen) atoms. The molecule has 1 heterocycles. The molecule has 2 N–H and O–H groups in total. The quantitative estimate of drug-likeness (QED) is 0.768. The van der Waals surface area contributed by atoms with Gasteiger partial charge >= 0.3 is 0 Å². The van der Waals surface area contributed by atoms with Crippen LogP contribution in [0.2, 0.25) is 0 Å². The smallest absolute Gasteiger partial charge is 0.244 e. The summed E-state index contributed by atoms with van der Waals surface area (Å²) in [4.78, 5) is 11.6. The van der Waals surface area contributed by atoms with Gasteiger partial charge in [0, 0.05) is 18.2 Å². The molecule has 0 unspecified atom stereocenters. The summed E-state index contributed by atoms with van der Waals surface area (Å²) >= 11 is 0. The number of hydrogen-bond acceptors (Lipinski definition) is 3. The van der Waals surface area contributed by atoms with E-state index in [2.05, 4.69) is 5.32 Å². The van der Waals surface area contributed by atoms with Crippen LogP contribution in [-0.4, -0.2) is 23.2 Å². The maximum atomic E-state index is 11.6. The highest BCUT2D eigenvalue weighted by Crippen LogP contribution is 2.09. The molecular formula is C13H19NO3. The van der Waals surface area contributed by atoms with Crippen LogP contribution in [0.25, 0.3) is 6.08 Å². The van der Waals surface area contributed by atoms with E-state index in [4.69, 9.17) is 9.52 Å². The molecule has 0 fully saturated rings. The zero-order valence-electron chi connectivity index (χ0n) is 10.5. The molecule has 0 saturated carbocycles. The average Bonchev–Trinajstić information content (AvgIpc) is 2.60. The second kappa shape index (κ2) is 5.68. The molecule has 1 rings (SSSR count). The van der Waals surface area contributed by atoms with Crippen LogP contribution in [0.15, 0.2) is 22.6 Å². The lowest BCUT2D eigenvalue weighted by atomic mass is 10.0. The molecule has 0 aromatic carbocycles. The first-order valence-corrected chi connectivity index (χ1v) is 5.60. The number of aliphatic hydroxyl groups is 1. The third-order valence-electron chi connectivity index (χ3n) is 2.36. The molecule has 1 amide bonds. The molecule has 0 radical (unpaired) electrons. The van der Waals surface area contributed by atoms with E-state index >= 15 is 0 Å². The number of carbonyl (C=O) groups is 1. The largest absolute Gasteiger partial charge is 0.462 e. The average molecular weight is 237 g/mol. The Morgan fingerprint density at radius 2 is 2.24 bits per heavy atom. The molecule has 0 spiro atoms. The Bertz CT molecular complexity index is 405. The molecule has 0 aliphatic rings. The Balaban J connectivity index is 2.52. The number of furan rings is 1. The van der Waals surface area contributed by atoms with E-state index in [1.807, 2.05) is 26.8 Å². The normalized spacial score (nSPS) is 12.0. The Kier molecular flexibility index (Phi) is 4.52. The summed E-state index contributed by atoms with van der Waals surface area (Å²) in [5.74, 6) is 1.26. The van der Waals surface area contributed by atoms with Crippen molar-refractivity contribution in [1.82, 2.24) is 5.32 Å². The Morgan fingerprint density at radius 1 is 1.53 bits per heavy atom. The minimum absolute atomic E-state index is 0.0500. The van der Waals surface area contributed by atoms with Crippen molar-refractivity contribution in [2.24, 2.45) is 0 Å². The highest BCUT2D eigenvalue weighted by Gasteiger charge is 2.18. The summed E-state index contributed by atoms with van der Waals surface area (Å²) in [5.41, 5.74) is -0.407. The molecule has 1 aromatic heterocycles. The second-order valence-corrected chi connectivity index (χ2v) is 4.63. The molecule has 0 aliphatic carbocycles. The van der Waals surface area contributed by atoms with Gasteiger partial charge in [0.1, 0.15) is 11.5 Å². The van der Waals surface area contributed by atoms with Gasteiger partial charge in [0.15, 0.2) is 0 Å². The summed E-state index contributed by atoms with van der Waals surface area (Å²) in [5, 5.41) is 11.6. The molecule has 0 atom stereocenters. The van der Waals surface area contributed by atoms with Crippen LogP contribution in [-0.2, 0) is 4.79 Å². The van der Waals surface area contributed by atoms with Crippen molar-refractivity contribution >= 4 is 12.0 Å². The van der Waals surface area contributed by atoms with Gasteiger partial charge in [0.05, 0.1) is 0 Å². The standard InChI is InChI=1S/C13H19NO3/c1-10-4-5-11(17-10)6-7-12(16)14-13(2,3)8-9-15/h4-7,15H,8-9H2,1-3H3,(H,14,16)/b7-6+. The number of hydrogen-bond donors (Lipinski definition) is 2. The van der Waals surface area contributed by atoms with E-state index in [0.717, 1.165) is 5.76 Å². The lowest BCUT2D eigenvalue weighted by molar-refractivity contribution is -0.118. The van der Waals surface area contributed by atoms with Gasteiger partial charge < -0.3 is 14.8 Å². The number of carbonyl (C=O) groups excluding carboxylic acids is 1. The third-order valence-corrected chi connectivity index (χ3v) is 2.36. The summed E-state index contributed by atoms with van der Waals surface area (Å²) in [7, 11) is 0.